The van der Waals surface area contributed by atoms with Crippen LogP contribution in [0.2, 0.25) is 0 Å². The summed E-state index contributed by atoms with van der Waals surface area (Å²) < 4.78 is 17.0. The number of ether oxygens (including phenoxy) is 1. The largest absolute Gasteiger partial charge is 0.482 e. The van der Waals surface area contributed by atoms with Gasteiger partial charge in [0.1, 0.15) is 11.7 Å². The SMILES string of the molecule is C1=CC2C=C(c3nnc(-n4c5c(c6c4C=CCC6)CCC=C5)n3-c3cc4ccccc4o3)OC2C=C1. The van der Waals surface area contributed by atoms with Gasteiger partial charge in [-0.25, -0.2) is 4.57 Å². The Morgan fingerprint density at radius 3 is 2.42 bits per heavy atom. The third-order valence-electron chi connectivity index (χ3n) is 7.57. The molecule has 0 amide bonds. The number of allylic oxidation sites excluding steroid dienone is 4. The van der Waals surface area contributed by atoms with Gasteiger partial charge in [0.05, 0.1) is 11.4 Å². The molecule has 0 saturated carbocycles. The highest BCUT2D eigenvalue weighted by Gasteiger charge is 2.33. The van der Waals surface area contributed by atoms with Crippen LogP contribution in [-0.2, 0) is 17.6 Å². The molecule has 2 unspecified atom stereocenters. The zero-order valence-electron chi connectivity index (χ0n) is 19.7. The number of benzene rings is 1. The predicted octanol–water partition coefficient (Wildman–Crippen LogP) is 6.20. The molecule has 1 aromatic carbocycles. The van der Waals surface area contributed by atoms with Crippen molar-refractivity contribution in [3.8, 4) is 11.8 Å². The Morgan fingerprint density at radius 1 is 0.861 bits per heavy atom. The third-order valence-corrected chi connectivity index (χ3v) is 7.57. The molecule has 0 saturated heterocycles. The van der Waals surface area contributed by atoms with Crippen LogP contribution in [0.1, 0.15) is 41.2 Å². The van der Waals surface area contributed by atoms with Gasteiger partial charge in [-0.2, -0.15) is 0 Å². The molecule has 0 spiro atoms. The van der Waals surface area contributed by atoms with Gasteiger partial charge in [0, 0.05) is 17.4 Å². The monoisotopic (exact) mass is 472 g/mol. The van der Waals surface area contributed by atoms with E-state index in [1.807, 2.05) is 28.8 Å². The molecule has 1 aliphatic heterocycles. The third kappa shape index (κ3) is 2.84. The lowest BCUT2D eigenvalue weighted by atomic mass is 9.94. The number of hydrogen-bond acceptors (Lipinski definition) is 4. The molecule has 36 heavy (non-hydrogen) atoms. The first-order chi connectivity index (χ1) is 17.8. The van der Waals surface area contributed by atoms with Crippen LogP contribution in [0.3, 0.4) is 0 Å². The molecule has 3 aromatic heterocycles. The van der Waals surface area contributed by atoms with Gasteiger partial charge in [-0.15, -0.1) is 10.2 Å². The minimum Gasteiger partial charge on any atom is -0.482 e. The van der Waals surface area contributed by atoms with Crippen LogP contribution in [0.15, 0.2) is 77.3 Å². The molecule has 4 aliphatic rings. The molecular formula is C30H24N4O2. The summed E-state index contributed by atoms with van der Waals surface area (Å²) in [4.78, 5) is 0. The van der Waals surface area contributed by atoms with E-state index in [0.29, 0.717) is 17.7 Å². The number of hydrogen-bond donors (Lipinski definition) is 0. The molecule has 8 rings (SSSR count). The van der Waals surface area contributed by atoms with E-state index in [4.69, 9.17) is 19.4 Å². The zero-order chi connectivity index (χ0) is 23.6. The lowest BCUT2D eigenvalue weighted by Gasteiger charge is -2.16. The standard InChI is InChI=1S/C30H24N4O2/c1-7-15-25-19(9-1)17-27(35-25)29-31-32-30(34(29)28-18-20-10-2-8-16-26(20)36-28)33-23-13-5-3-11-21(23)22-12-4-6-14-24(22)33/h1-2,5-10,13-19,25H,3-4,11-12H2. The van der Waals surface area contributed by atoms with Crippen molar-refractivity contribution in [3.63, 3.8) is 0 Å². The highest BCUT2D eigenvalue weighted by Crippen LogP contribution is 2.39. The second kappa shape index (κ2) is 7.59. The fourth-order valence-electron chi connectivity index (χ4n) is 5.90. The van der Waals surface area contributed by atoms with Crippen LogP contribution in [-0.4, -0.2) is 25.4 Å². The molecule has 6 nitrogen and oxygen atoms in total. The van der Waals surface area contributed by atoms with E-state index in [2.05, 4.69) is 65.3 Å². The highest BCUT2D eigenvalue weighted by molar-refractivity contribution is 5.80. The number of furan rings is 1. The molecule has 4 aromatic rings. The topological polar surface area (TPSA) is 58.0 Å². The van der Waals surface area contributed by atoms with Crippen LogP contribution >= 0.6 is 0 Å². The number of rotatable bonds is 3. The smallest absolute Gasteiger partial charge is 0.243 e. The van der Waals surface area contributed by atoms with E-state index in [0.717, 1.165) is 42.4 Å². The lowest BCUT2D eigenvalue weighted by molar-refractivity contribution is 0.210. The number of para-hydroxylation sites is 1. The number of nitrogens with zero attached hydrogens (tertiary/aromatic N) is 4. The normalized spacial score (nSPS) is 21.4. The number of aromatic nitrogens is 4. The average molecular weight is 473 g/mol. The van der Waals surface area contributed by atoms with Gasteiger partial charge >= 0.3 is 0 Å². The average Bonchev–Trinajstić information content (AvgIpc) is 3.69. The van der Waals surface area contributed by atoms with E-state index in [9.17, 15) is 0 Å². The van der Waals surface area contributed by atoms with E-state index < -0.39 is 0 Å². The summed E-state index contributed by atoms with van der Waals surface area (Å²) in [6.07, 6.45) is 23.7. The summed E-state index contributed by atoms with van der Waals surface area (Å²) in [5.74, 6) is 2.95. The summed E-state index contributed by atoms with van der Waals surface area (Å²) in [5.41, 5.74) is 6.06. The summed E-state index contributed by atoms with van der Waals surface area (Å²) in [6.45, 7) is 0. The lowest BCUT2D eigenvalue weighted by Crippen LogP contribution is -2.14. The summed E-state index contributed by atoms with van der Waals surface area (Å²) in [7, 11) is 0. The van der Waals surface area contributed by atoms with Crippen LogP contribution < -0.4 is 0 Å². The molecule has 2 atom stereocenters. The quantitative estimate of drug-likeness (QED) is 0.356. The van der Waals surface area contributed by atoms with Crippen molar-refractivity contribution >= 4 is 28.9 Å². The van der Waals surface area contributed by atoms with Crippen LogP contribution in [0.25, 0.3) is 40.7 Å². The first-order valence-corrected chi connectivity index (χ1v) is 12.6. The Bertz CT molecular complexity index is 1610. The maximum absolute atomic E-state index is 6.38. The molecule has 6 heteroatoms. The molecular weight excluding hydrogens is 448 g/mol. The molecule has 0 bridgehead atoms. The van der Waals surface area contributed by atoms with Crippen LogP contribution in [0, 0.1) is 5.92 Å². The van der Waals surface area contributed by atoms with Gasteiger partial charge in [-0.3, -0.25) is 4.57 Å². The molecule has 0 fully saturated rings. The first kappa shape index (κ1) is 19.9. The van der Waals surface area contributed by atoms with Crippen LogP contribution in [0.5, 0.6) is 0 Å². The summed E-state index contributed by atoms with van der Waals surface area (Å²) >= 11 is 0. The fourth-order valence-corrected chi connectivity index (χ4v) is 5.90. The Kier molecular flexibility index (Phi) is 4.20. The van der Waals surface area contributed by atoms with Crippen molar-refractivity contribution in [2.24, 2.45) is 5.92 Å². The van der Waals surface area contributed by atoms with Crippen molar-refractivity contribution in [1.29, 1.82) is 0 Å². The van der Waals surface area contributed by atoms with Crippen molar-refractivity contribution in [1.82, 2.24) is 19.3 Å². The van der Waals surface area contributed by atoms with Gasteiger partial charge in [0.15, 0.2) is 5.76 Å². The molecule has 0 radical (unpaired) electrons. The predicted molar refractivity (Wildman–Crippen MR) is 140 cm³/mol. The molecule has 4 heterocycles. The minimum atomic E-state index is -0.0211. The first-order valence-electron chi connectivity index (χ1n) is 12.6. The van der Waals surface area contributed by atoms with Crippen molar-refractivity contribution in [2.45, 2.75) is 31.8 Å². The molecule has 0 N–H and O–H groups in total. The molecule has 3 aliphatic carbocycles. The maximum atomic E-state index is 6.38. The zero-order valence-corrected chi connectivity index (χ0v) is 19.7. The van der Waals surface area contributed by atoms with Gasteiger partial charge in [0.2, 0.25) is 17.7 Å². The van der Waals surface area contributed by atoms with E-state index in [-0.39, 0.29) is 12.0 Å². The Morgan fingerprint density at radius 2 is 1.64 bits per heavy atom. The van der Waals surface area contributed by atoms with Crippen LogP contribution in [0.4, 0.5) is 0 Å². The highest BCUT2D eigenvalue weighted by atomic mass is 16.5. The maximum Gasteiger partial charge on any atom is 0.243 e. The fraction of sp³-hybridized carbons (Fsp3) is 0.200. The van der Waals surface area contributed by atoms with Crippen molar-refractivity contribution < 1.29 is 9.15 Å². The van der Waals surface area contributed by atoms with Crippen molar-refractivity contribution in [3.05, 3.63) is 101 Å². The van der Waals surface area contributed by atoms with Gasteiger partial charge in [0.25, 0.3) is 0 Å². The Hall–Kier alpha value is -4.32. The van der Waals surface area contributed by atoms with Gasteiger partial charge in [-0.1, -0.05) is 48.6 Å². The van der Waals surface area contributed by atoms with E-state index in [1.54, 1.807) is 0 Å². The Balaban J connectivity index is 1.39. The van der Waals surface area contributed by atoms with E-state index >= 15 is 0 Å². The molecule has 176 valence electrons. The number of fused-ring (bicyclic) bond motifs is 5. The van der Waals surface area contributed by atoms with Crippen molar-refractivity contribution in [2.75, 3.05) is 0 Å². The Labute approximate surface area is 208 Å². The van der Waals surface area contributed by atoms with Gasteiger partial charge < -0.3 is 9.15 Å². The van der Waals surface area contributed by atoms with E-state index in [1.165, 1.54) is 22.5 Å². The minimum absolute atomic E-state index is 0.0211. The second-order valence-electron chi connectivity index (χ2n) is 9.69. The summed E-state index contributed by atoms with van der Waals surface area (Å²) in [6, 6.07) is 10.1. The van der Waals surface area contributed by atoms with Gasteiger partial charge in [-0.05, 0) is 67.2 Å². The summed E-state index contributed by atoms with van der Waals surface area (Å²) in [5, 5.41) is 10.5. The second-order valence-corrected chi connectivity index (χ2v) is 9.69.